The first-order chi connectivity index (χ1) is 8.86. The molecule has 0 atom stereocenters. The molecular formula is C13H11N3S2. The van der Waals surface area contributed by atoms with Gasteiger partial charge in [0.15, 0.2) is 5.65 Å². The summed E-state index contributed by atoms with van der Waals surface area (Å²) in [6, 6.07) is 14.2. The number of nitrogens with zero attached hydrogens (tertiary/aromatic N) is 3. The lowest BCUT2D eigenvalue weighted by atomic mass is 10.3. The molecule has 0 saturated heterocycles. The average molecular weight is 273 g/mol. The molecular weight excluding hydrogens is 262 g/mol. The fraction of sp³-hybridized carbons (Fsp3) is 0.0769. The van der Waals surface area contributed by atoms with Crippen molar-refractivity contribution in [1.29, 1.82) is 0 Å². The maximum absolute atomic E-state index is 4.61. The lowest BCUT2D eigenvalue weighted by molar-refractivity contribution is 1.09. The largest absolute Gasteiger partial charge is 0.275 e. The van der Waals surface area contributed by atoms with E-state index in [-0.39, 0.29) is 0 Å². The van der Waals surface area contributed by atoms with Crippen LogP contribution < -0.4 is 4.80 Å². The third-order valence-electron chi connectivity index (χ3n) is 2.56. The van der Waals surface area contributed by atoms with E-state index in [2.05, 4.69) is 27.8 Å². The minimum absolute atomic E-state index is 0.891. The van der Waals surface area contributed by atoms with E-state index in [0.717, 1.165) is 16.1 Å². The molecule has 0 amide bonds. The Bertz CT molecular complexity index is 726. The van der Waals surface area contributed by atoms with Gasteiger partial charge in [-0.05, 0) is 42.7 Å². The number of aromatic nitrogens is 2. The van der Waals surface area contributed by atoms with E-state index < -0.39 is 0 Å². The molecule has 2 aromatic heterocycles. The summed E-state index contributed by atoms with van der Waals surface area (Å²) in [5.74, 6) is 0. The standard InChI is InChI=1S/C13H11N3S2/c1-17-11-7-5-10(6-8-11)14-13-16-9-3-2-4-12(16)15-18-13/h2-9H,1H3. The molecule has 0 spiro atoms. The highest BCUT2D eigenvalue weighted by atomic mass is 32.2. The summed E-state index contributed by atoms with van der Waals surface area (Å²) in [6.45, 7) is 0. The van der Waals surface area contributed by atoms with Crippen molar-refractivity contribution >= 4 is 34.6 Å². The number of fused-ring (bicyclic) bond motifs is 1. The lowest BCUT2D eigenvalue weighted by Gasteiger charge is -1.96. The number of benzene rings is 1. The van der Waals surface area contributed by atoms with Crippen molar-refractivity contribution in [3.05, 3.63) is 53.5 Å². The van der Waals surface area contributed by atoms with Crippen LogP contribution in [0.1, 0.15) is 0 Å². The fourth-order valence-corrected chi connectivity index (χ4v) is 2.76. The molecule has 5 heteroatoms. The van der Waals surface area contributed by atoms with Crippen LogP contribution in [0.2, 0.25) is 0 Å². The van der Waals surface area contributed by atoms with Gasteiger partial charge < -0.3 is 0 Å². The second-order valence-electron chi connectivity index (χ2n) is 3.70. The number of pyridine rings is 1. The Morgan fingerprint density at radius 3 is 2.78 bits per heavy atom. The zero-order chi connectivity index (χ0) is 12.4. The molecule has 3 nitrogen and oxygen atoms in total. The third kappa shape index (κ3) is 2.19. The van der Waals surface area contributed by atoms with Crippen LogP contribution in [0.4, 0.5) is 5.69 Å². The van der Waals surface area contributed by atoms with Crippen LogP contribution in [0.15, 0.2) is 58.5 Å². The molecule has 3 aromatic rings. The summed E-state index contributed by atoms with van der Waals surface area (Å²) in [5, 5.41) is 0. The number of hydrogen-bond donors (Lipinski definition) is 0. The zero-order valence-electron chi connectivity index (χ0n) is 9.78. The van der Waals surface area contributed by atoms with Crippen LogP contribution >= 0.6 is 23.3 Å². The molecule has 0 fully saturated rings. The molecule has 0 aliphatic rings. The Kier molecular flexibility index (Phi) is 3.17. The van der Waals surface area contributed by atoms with Gasteiger partial charge in [0.25, 0.3) is 0 Å². The van der Waals surface area contributed by atoms with Crippen LogP contribution in [0, 0.1) is 0 Å². The summed E-state index contributed by atoms with van der Waals surface area (Å²) in [5.41, 5.74) is 1.89. The van der Waals surface area contributed by atoms with Crippen molar-refractivity contribution in [3.63, 3.8) is 0 Å². The highest BCUT2D eigenvalue weighted by Gasteiger charge is 1.97. The molecule has 0 radical (unpaired) electrons. The highest BCUT2D eigenvalue weighted by Crippen LogP contribution is 2.18. The van der Waals surface area contributed by atoms with Gasteiger partial charge in [-0.15, -0.1) is 11.8 Å². The van der Waals surface area contributed by atoms with E-state index in [1.54, 1.807) is 11.8 Å². The molecule has 0 aliphatic heterocycles. The Morgan fingerprint density at radius 1 is 1.17 bits per heavy atom. The molecule has 90 valence electrons. The molecule has 0 aliphatic carbocycles. The van der Waals surface area contributed by atoms with Crippen LogP contribution in [-0.2, 0) is 0 Å². The van der Waals surface area contributed by atoms with E-state index in [0.29, 0.717) is 0 Å². The Hall–Kier alpha value is -1.59. The van der Waals surface area contributed by atoms with Crippen molar-refractivity contribution in [2.75, 3.05) is 6.26 Å². The Labute approximate surface area is 113 Å². The van der Waals surface area contributed by atoms with Crippen LogP contribution in [-0.4, -0.2) is 15.0 Å². The van der Waals surface area contributed by atoms with Gasteiger partial charge in [-0.25, -0.2) is 4.99 Å². The molecule has 0 bridgehead atoms. The highest BCUT2D eigenvalue weighted by molar-refractivity contribution is 7.98. The molecule has 0 saturated carbocycles. The van der Waals surface area contributed by atoms with Crippen molar-refractivity contribution in [2.45, 2.75) is 4.90 Å². The first-order valence-electron chi connectivity index (χ1n) is 5.49. The van der Waals surface area contributed by atoms with Crippen LogP contribution in [0.25, 0.3) is 5.65 Å². The molecule has 18 heavy (non-hydrogen) atoms. The normalized spacial score (nSPS) is 12.2. The van der Waals surface area contributed by atoms with Gasteiger partial charge in [-0.2, -0.15) is 4.37 Å². The first kappa shape index (κ1) is 11.5. The quantitative estimate of drug-likeness (QED) is 0.670. The summed E-state index contributed by atoms with van der Waals surface area (Å²) in [4.78, 5) is 6.75. The third-order valence-corrected chi connectivity index (χ3v) is 4.04. The topological polar surface area (TPSA) is 29.7 Å². The summed E-state index contributed by atoms with van der Waals surface area (Å²) < 4.78 is 6.35. The monoisotopic (exact) mass is 273 g/mol. The van der Waals surface area contributed by atoms with Gasteiger partial charge in [-0.3, -0.25) is 4.40 Å². The smallest absolute Gasteiger partial charge is 0.213 e. The van der Waals surface area contributed by atoms with Gasteiger partial charge in [0, 0.05) is 22.6 Å². The zero-order valence-corrected chi connectivity index (χ0v) is 11.4. The fourth-order valence-electron chi connectivity index (χ4n) is 1.64. The first-order valence-corrected chi connectivity index (χ1v) is 7.48. The number of thioether (sulfide) groups is 1. The number of rotatable bonds is 2. The molecule has 0 unspecified atom stereocenters. The second-order valence-corrected chi connectivity index (χ2v) is 5.31. The Balaban J connectivity index is 2.10. The number of hydrogen-bond acceptors (Lipinski definition) is 4. The van der Waals surface area contributed by atoms with E-state index in [1.165, 1.54) is 16.4 Å². The van der Waals surface area contributed by atoms with E-state index >= 15 is 0 Å². The van der Waals surface area contributed by atoms with E-state index in [1.807, 2.05) is 40.9 Å². The van der Waals surface area contributed by atoms with Crippen LogP contribution in [0.5, 0.6) is 0 Å². The SMILES string of the molecule is CSc1ccc(N=c2snc3ccccn23)cc1. The predicted molar refractivity (Wildman–Crippen MR) is 76.5 cm³/mol. The maximum Gasteiger partial charge on any atom is 0.213 e. The minimum Gasteiger partial charge on any atom is -0.275 e. The lowest BCUT2D eigenvalue weighted by Crippen LogP contribution is -2.04. The van der Waals surface area contributed by atoms with E-state index in [9.17, 15) is 0 Å². The second kappa shape index (κ2) is 4.96. The summed E-state index contributed by atoms with van der Waals surface area (Å²) in [6.07, 6.45) is 4.05. The van der Waals surface area contributed by atoms with Crippen LogP contribution in [0.3, 0.4) is 0 Å². The maximum atomic E-state index is 4.61. The van der Waals surface area contributed by atoms with Crippen molar-refractivity contribution in [1.82, 2.24) is 8.77 Å². The summed E-state index contributed by atoms with van der Waals surface area (Å²) in [7, 11) is 0. The molecule has 2 heterocycles. The van der Waals surface area contributed by atoms with Gasteiger partial charge in [0.1, 0.15) is 0 Å². The van der Waals surface area contributed by atoms with Gasteiger partial charge >= 0.3 is 0 Å². The summed E-state index contributed by atoms with van der Waals surface area (Å²) >= 11 is 3.14. The van der Waals surface area contributed by atoms with Crippen molar-refractivity contribution < 1.29 is 0 Å². The minimum atomic E-state index is 0.891. The molecule has 3 rings (SSSR count). The van der Waals surface area contributed by atoms with Crippen molar-refractivity contribution in [2.24, 2.45) is 4.99 Å². The van der Waals surface area contributed by atoms with Gasteiger partial charge in [0.05, 0.1) is 5.69 Å². The molecule has 0 N–H and O–H groups in total. The average Bonchev–Trinajstić information content (AvgIpc) is 2.83. The Morgan fingerprint density at radius 2 is 2.00 bits per heavy atom. The van der Waals surface area contributed by atoms with Gasteiger partial charge in [-0.1, -0.05) is 6.07 Å². The molecule has 1 aromatic carbocycles. The van der Waals surface area contributed by atoms with Crippen molar-refractivity contribution in [3.8, 4) is 0 Å². The van der Waals surface area contributed by atoms with E-state index in [4.69, 9.17) is 0 Å². The predicted octanol–water partition coefficient (Wildman–Crippen LogP) is 3.35. The van der Waals surface area contributed by atoms with Gasteiger partial charge in [0.2, 0.25) is 4.80 Å².